The first-order valence-corrected chi connectivity index (χ1v) is 6.58. The molecule has 0 aliphatic carbocycles. The van der Waals surface area contributed by atoms with Gasteiger partial charge in [-0.25, -0.2) is 4.79 Å². The molecule has 5 heteroatoms. The van der Waals surface area contributed by atoms with Crippen molar-refractivity contribution in [3.05, 3.63) is 40.5 Å². The van der Waals surface area contributed by atoms with Crippen molar-refractivity contribution in [1.82, 2.24) is 10.6 Å². The molecule has 1 aromatic carbocycles. The van der Waals surface area contributed by atoms with Crippen LogP contribution >= 0.6 is 27.5 Å². The molecule has 0 fully saturated rings. The van der Waals surface area contributed by atoms with Gasteiger partial charge in [-0.05, 0) is 24.1 Å². The second-order valence-corrected chi connectivity index (χ2v) is 4.53. The minimum absolute atomic E-state index is 0.224. The van der Waals surface area contributed by atoms with Crippen molar-refractivity contribution in [2.24, 2.45) is 0 Å². The predicted octanol–water partition coefficient (Wildman–Crippen LogP) is 3.35. The van der Waals surface area contributed by atoms with Gasteiger partial charge < -0.3 is 10.6 Å². The molecule has 1 rings (SSSR count). The number of hydrogen-bond acceptors (Lipinski definition) is 1. The maximum absolute atomic E-state index is 11.3. The Morgan fingerprint density at radius 2 is 2.18 bits per heavy atom. The van der Waals surface area contributed by atoms with Gasteiger partial charge in [0.2, 0.25) is 0 Å². The SMILES string of the molecule is O=C(N/C=C/c1ccccc1Br)NCCCCl. The van der Waals surface area contributed by atoms with E-state index in [0.717, 1.165) is 16.5 Å². The molecule has 0 atom stereocenters. The average molecular weight is 318 g/mol. The van der Waals surface area contributed by atoms with Gasteiger partial charge in [0.1, 0.15) is 0 Å². The van der Waals surface area contributed by atoms with E-state index >= 15 is 0 Å². The lowest BCUT2D eigenvalue weighted by molar-refractivity contribution is 0.244. The van der Waals surface area contributed by atoms with Crippen LogP contribution < -0.4 is 10.6 Å². The van der Waals surface area contributed by atoms with E-state index in [4.69, 9.17) is 11.6 Å². The second kappa shape index (κ2) is 8.14. The Balaban J connectivity index is 2.35. The van der Waals surface area contributed by atoms with Crippen LogP contribution in [0.1, 0.15) is 12.0 Å². The summed E-state index contributed by atoms with van der Waals surface area (Å²) in [4.78, 5) is 11.3. The quantitative estimate of drug-likeness (QED) is 0.634. The normalized spacial score (nSPS) is 10.5. The number of alkyl halides is 1. The standard InChI is InChI=1S/C12H14BrClN2O/c13-11-5-2-1-4-10(11)6-9-16-12(17)15-8-3-7-14/h1-2,4-6,9H,3,7-8H2,(H2,15,16,17)/b9-6+. The molecule has 0 heterocycles. The summed E-state index contributed by atoms with van der Waals surface area (Å²) in [5.74, 6) is 0.549. The van der Waals surface area contributed by atoms with Crippen LogP contribution in [0.2, 0.25) is 0 Å². The molecule has 2 amide bonds. The Labute approximate surface area is 114 Å². The third kappa shape index (κ3) is 5.75. The number of halogens is 2. The van der Waals surface area contributed by atoms with Gasteiger partial charge in [-0.1, -0.05) is 34.1 Å². The molecule has 1 aromatic rings. The average Bonchev–Trinajstić information content (AvgIpc) is 2.32. The highest BCUT2D eigenvalue weighted by Crippen LogP contribution is 2.16. The maximum atomic E-state index is 11.3. The van der Waals surface area contributed by atoms with Gasteiger partial charge in [0.05, 0.1) is 0 Å². The summed E-state index contributed by atoms with van der Waals surface area (Å²) in [6.45, 7) is 0.582. The van der Waals surface area contributed by atoms with Crippen LogP contribution in [0.5, 0.6) is 0 Å². The van der Waals surface area contributed by atoms with Crippen LogP contribution in [0, 0.1) is 0 Å². The summed E-state index contributed by atoms with van der Waals surface area (Å²) in [7, 11) is 0. The summed E-state index contributed by atoms with van der Waals surface area (Å²) in [5, 5.41) is 5.31. The Morgan fingerprint density at radius 3 is 2.88 bits per heavy atom. The molecule has 3 nitrogen and oxygen atoms in total. The molecule has 2 N–H and O–H groups in total. The molecule has 0 aliphatic rings. The van der Waals surface area contributed by atoms with Gasteiger partial charge in [-0.15, -0.1) is 11.6 Å². The first-order chi connectivity index (χ1) is 8.24. The van der Waals surface area contributed by atoms with Crippen molar-refractivity contribution in [2.45, 2.75) is 6.42 Å². The highest BCUT2D eigenvalue weighted by atomic mass is 79.9. The Hall–Kier alpha value is -1.000. The lowest BCUT2D eigenvalue weighted by atomic mass is 10.2. The number of nitrogens with one attached hydrogen (secondary N) is 2. The van der Waals surface area contributed by atoms with Gasteiger partial charge in [0.15, 0.2) is 0 Å². The zero-order valence-electron chi connectivity index (χ0n) is 9.25. The van der Waals surface area contributed by atoms with Crippen LogP contribution in [0.4, 0.5) is 4.79 Å². The summed E-state index contributed by atoms with van der Waals surface area (Å²) in [6, 6.07) is 7.55. The maximum Gasteiger partial charge on any atom is 0.318 e. The number of amides is 2. The molecule has 0 saturated carbocycles. The van der Waals surface area contributed by atoms with Gasteiger partial charge in [-0.2, -0.15) is 0 Å². The van der Waals surface area contributed by atoms with Gasteiger partial charge >= 0.3 is 6.03 Å². The predicted molar refractivity (Wildman–Crippen MR) is 75.0 cm³/mol. The van der Waals surface area contributed by atoms with Crippen molar-refractivity contribution in [3.63, 3.8) is 0 Å². The third-order valence-electron chi connectivity index (χ3n) is 1.98. The zero-order valence-corrected chi connectivity index (χ0v) is 11.6. The van der Waals surface area contributed by atoms with E-state index in [1.807, 2.05) is 30.3 Å². The van der Waals surface area contributed by atoms with Crippen molar-refractivity contribution in [2.75, 3.05) is 12.4 Å². The third-order valence-corrected chi connectivity index (χ3v) is 2.97. The Morgan fingerprint density at radius 1 is 1.41 bits per heavy atom. The zero-order chi connectivity index (χ0) is 12.5. The molecule has 17 heavy (non-hydrogen) atoms. The number of hydrogen-bond donors (Lipinski definition) is 2. The fourth-order valence-corrected chi connectivity index (χ4v) is 1.69. The van der Waals surface area contributed by atoms with Crippen LogP contribution in [-0.4, -0.2) is 18.5 Å². The second-order valence-electron chi connectivity index (χ2n) is 3.30. The number of benzene rings is 1. The van der Waals surface area contributed by atoms with Crippen molar-refractivity contribution >= 4 is 39.6 Å². The molecule has 0 bridgehead atoms. The van der Waals surface area contributed by atoms with E-state index < -0.39 is 0 Å². The van der Waals surface area contributed by atoms with E-state index in [1.165, 1.54) is 0 Å². The monoisotopic (exact) mass is 316 g/mol. The molecule has 0 radical (unpaired) electrons. The van der Waals surface area contributed by atoms with Gasteiger partial charge in [0.25, 0.3) is 0 Å². The molecule has 92 valence electrons. The van der Waals surface area contributed by atoms with E-state index in [9.17, 15) is 4.79 Å². The van der Waals surface area contributed by atoms with E-state index in [1.54, 1.807) is 6.20 Å². The molecule has 0 spiro atoms. The highest BCUT2D eigenvalue weighted by molar-refractivity contribution is 9.10. The molecule has 0 aliphatic heterocycles. The first-order valence-electron chi connectivity index (χ1n) is 5.25. The van der Waals surface area contributed by atoms with Crippen molar-refractivity contribution in [1.29, 1.82) is 0 Å². The van der Waals surface area contributed by atoms with E-state index in [0.29, 0.717) is 12.4 Å². The largest absolute Gasteiger partial charge is 0.338 e. The minimum Gasteiger partial charge on any atom is -0.338 e. The summed E-state index contributed by atoms with van der Waals surface area (Å²) < 4.78 is 0.987. The Bertz CT molecular complexity index is 396. The van der Waals surface area contributed by atoms with E-state index in [-0.39, 0.29) is 6.03 Å². The minimum atomic E-state index is -0.224. The number of urea groups is 1. The van der Waals surface area contributed by atoms with Crippen LogP contribution in [0.3, 0.4) is 0 Å². The molecule has 0 unspecified atom stereocenters. The number of carbonyl (C=O) groups is 1. The lowest BCUT2D eigenvalue weighted by Crippen LogP contribution is -2.32. The first kappa shape index (κ1) is 14.1. The topological polar surface area (TPSA) is 41.1 Å². The number of rotatable bonds is 5. The number of carbonyl (C=O) groups excluding carboxylic acids is 1. The van der Waals surface area contributed by atoms with E-state index in [2.05, 4.69) is 26.6 Å². The molecule has 0 saturated heterocycles. The van der Waals surface area contributed by atoms with Crippen LogP contribution in [0.15, 0.2) is 34.9 Å². The lowest BCUT2D eigenvalue weighted by Gasteiger charge is -2.02. The summed E-state index contributed by atoms with van der Waals surface area (Å²) >= 11 is 8.92. The summed E-state index contributed by atoms with van der Waals surface area (Å²) in [5.41, 5.74) is 1.01. The highest BCUT2D eigenvalue weighted by Gasteiger charge is 1.96. The van der Waals surface area contributed by atoms with Crippen LogP contribution in [-0.2, 0) is 0 Å². The van der Waals surface area contributed by atoms with Crippen LogP contribution in [0.25, 0.3) is 6.08 Å². The van der Waals surface area contributed by atoms with Crippen molar-refractivity contribution in [3.8, 4) is 0 Å². The Kier molecular flexibility index (Phi) is 6.74. The molecular formula is C12H14BrClN2O. The molecular weight excluding hydrogens is 304 g/mol. The summed E-state index contributed by atoms with van der Waals surface area (Å²) in [6.07, 6.45) is 4.20. The fraction of sp³-hybridized carbons (Fsp3) is 0.250. The van der Waals surface area contributed by atoms with Crippen molar-refractivity contribution < 1.29 is 4.79 Å². The molecule has 0 aromatic heterocycles. The van der Waals surface area contributed by atoms with Gasteiger partial charge in [0, 0.05) is 23.1 Å². The van der Waals surface area contributed by atoms with Gasteiger partial charge in [-0.3, -0.25) is 0 Å². The fourth-order valence-electron chi connectivity index (χ4n) is 1.14. The smallest absolute Gasteiger partial charge is 0.318 e.